The van der Waals surface area contributed by atoms with Gasteiger partial charge in [0.15, 0.2) is 0 Å². The molecule has 1 aromatic rings. The third kappa shape index (κ3) is 5.21. The van der Waals surface area contributed by atoms with Crippen LogP contribution in [0.25, 0.3) is 0 Å². The molecule has 2 aliphatic rings. The maximum atomic E-state index is 12.9. The zero-order chi connectivity index (χ0) is 20.0. The smallest absolute Gasteiger partial charge is 0.255 e. The molecule has 1 aliphatic carbocycles. The fourth-order valence-electron chi connectivity index (χ4n) is 3.82. The number of nitrogens with zero attached hydrogens (tertiary/aromatic N) is 1. The molecule has 0 spiro atoms. The topological polar surface area (TPSA) is 75.7 Å². The normalized spacial score (nSPS) is 18.9. The molecular weight excluding hydrogens is 396 g/mol. The average Bonchev–Trinajstić information content (AvgIpc) is 3.24. The van der Waals surface area contributed by atoms with Gasteiger partial charge in [0.1, 0.15) is 5.75 Å². The van der Waals surface area contributed by atoms with Gasteiger partial charge in [-0.25, -0.2) is 8.42 Å². The Hall–Kier alpha value is -1.25. The van der Waals surface area contributed by atoms with Crippen molar-refractivity contribution in [2.45, 2.75) is 55.1 Å². The molecule has 1 heterocycles. The van der Waals surface area contributed by atoms with Gasteiger partial charge in [-0.05, 0) is 43.9 Å². The van der Waals surface area contributed by atoms with Gasteiger partial charge in [0.25, 0.3) is 5.91 Å². The lowest BCUT2D eigenvalue weighted by Gasteiger charge is -2.26. The van der Waals surface area contributed by atoms with E-state index in [9.17, 15) is 13.2 Å². The third-order valence-corrected chi connectivity index (χ3v) is 8.69. The Labute approximate surface area is 172 Å². The molecule has 0 atom stereocenters. The van der Waals surface area contributed by atoms with Crippen molar-refractivity contribution in [3.63, 3.8) is 0 Å². The first-order valence-electron chi connectivity index (χ1n) is 10.1. The summed E-state index contributed by atoms with van der Waals surface area (Å²) in [4.78, 5) is 12.8. The van der Waals surface area contributed by atoms with Crippen LogP contribution < -0.4 is 10.1 Å². The highest BCUT2D eigenvalue weighted by Crippen LogP contribution is 2.29. The number of piperidine rings is 1. The second-order valence-corrected chi connectivity index (χ2v) is 10.7. The molecule has 1 saturated heterocycles. The second kappa shape index (κ2) is 9.98. The Morgan fingerprint density at radius 1 is 1.18 bits per heavy atom. The van der Waals surface area contributed by atoms with Crippen molar-refractivity contribution < 1.29 is 17.9 Å². The molecule has 6 nitrogen and oxygen atoms in total. The summed E-state index contributed by atoms with van der Waals surface area (Å²) in [7, 11) is -2.10. The van der Waals surface area contributed by atoms with E-state index in [0.717, 1.165) is 25.0 Å². The van der Waals surface area contributed by atoms with Crippen LogP contribution in [0.15, 0.2) is 23.1 Å². The standard InChI is InChI=1S/C20H30N2O4S2/c1-26-19-10-9-17(28(24,25)22-12-5-2-6-13-22)15-18(19)20(23)21-11-14-27-16-7-3-4-8-16/h9-10,15-16H,2-8,11-14H2,1H3,(H,21,23). The molecule has 156 valence electrons. The maximum absolute atomic E-state index is 12.9. The van der Waals surface area contributed by atoms with E-state index in [1.165, 1.54) is 49.2 Å². The van der Waals surface area contributed by atoms with Crippen LogP contribution in [0.2, 0.25) is 0 Å². The van der Waals surface area contributed by atoms with E-state index in [4.69, 9.17) is 4.74 Å². The van der Waals surface area contributed by atoms with Gasteiger partial charge in [0, 0.05) is 30.6 Å². The number of amides is 1. The highest BCUT2D eigenvalue weighted by molar-refractivity contribution is 7.99. The van der Waals surface area contributed by atoms with Crippen molar-refractivity contribution in [3.8, 4) is 5.75 Å². The van der Waals surface area contributed by atoms with E-state index in [1.807, 2.05) is 11.8 Å². The van der Waals surface area contributed by atoms with Gasteiger partial charge in [-0.1, -0.05) is 19.3 Å². The van der Waals surface area contributed by atoms with Gasteiger partial charge in [-0.15, -0.1) is 0 Å². The first-order chi connectivity index (χ1) is 13.5. The summed E-state index contributed by atoms with van der Waals surface area (Å²) in [6.07, 6.45) is 7.95. The lowest BCUT2D eigenvalue weighted by Crippen LogP contribution is -2.35. The molecule has 1 N–H and O–H groups in total. The van der Waals surface area contributed by atoms with E-state index in [0.29, 0.717) is 30.6 Å². The zero-order valence-corrected chi connectivity index (χ0v) is 18.1. The first-order valence-corrected chi connectivity index (χ1v) is 12.6. The summed E-state index contributed by atoms with van der Waals surface area (Å²) in [6, 6.07) is 4.54. The number of carbonyl (C=O) groups excluding carboxylic acids is 1. The molecule has 1 amide bonds. The van der Waals surface area contributed by atoms with Crippen molar-refractivity contribution >= 4 is 27.7 Å². The Morgan fingerprint density at radius 2 is 1.89 bits per heavy atom. The Kier molecular flexibility index (Phi) is 7.65. The van der Waals surface area contributed by atoms with Crippen molar-refractivity contribution in [3.05, 3.63) is 23.8 Å². The Balaban J connectivity index is 1.66. The molecule has 1 aromatic carbocycles. The Bertz CT molecular complexity index is 770. The number of sulfonamides is 1. The number of rotatable bonds is 8. The average molecular weight is 427 g/mol. The second-order valence-electron chi connectivity index (χ2n) is 7.36. The minimum atomic E-state index is -3.59. The summed E-state index contributed by atoms with van der Waals surface area (Å²) in [5.74, 6) is 0.961. The molecule has 1 aliphatic heterocycles. The van der Waals surface area contributed by atoms with E-state index >= 15 is 0 Å². The summed E-state index contributed by atoms with van der Waals surface area (Å²) in [6.45, 7) is 1.63. The molecule has 1 saturated carbocycles. The third-order valence-electron chi connectivity index (χ3n) is 5.41. The van der Waals surface area contributed by atoms with Gasteiger partial charge in [0.05, 0.1) is 17.6 Å². The largest absolute Gasteiger partial charge is 0.496 e. The summed E-state index contributed by atoms with van der Waals surface area (Å²) in [5.41, 5.74) is 0.270. The van der Waals surface area contributed by atoms with Crippen molar-refractivity contribution in [1.82, 2.24) is 9.62 Å². The van der Waals surface area contributed by atoms with E-state index < -0.39 is 10.0 Å². The van der Waals surface area contributed by atoms with Gasteiger partial charge in [0.2, 0.25) is 10.0 Å². The van der Waals surface area contributed by atoms with Crippen LogP contribution in [0.5, 0.6) is 5.75 Å². The van der Waals surface area contributed by atoms with Crippen LogP contribution in [0, 0.1) is 0 Å². The van der Waals surface area contributed by atoms with Gasteiger partial charge in [-0.2, -0.15) is 16.1 Å². The fraction of sp³-hybridized carbons (Fsp3) is 0.650. The molecule has 3 rings (SSSR count). The quantitative estimate of drug-likeness (QED) is 0.646. The molecule has 8 heteroatoms. The minimum Gasteiger partial charge on any atom is -0.496 e. The van der Waals surface area contributed by atoms with Crippen LogP contribution in [-0.4, -0.2) is 56.4 Å². The lowest BCUT2D eigenvalue weighted by atomic mass is 10.2. The minimum absolute atomic E-state index is 0.153. The summed E-state index contributed by atoms with van der Waals surface area (Å²) >= 11 is 1.91. The fourth-order valence-corrected chi connectivity index (χ4v) is 6.58. The molecular formula is C20H30N2O4S2. The van der Waals surface area contributed by atoms with Gasteiger partial charge < -0.3 is 10.1 Å². The number of hydrogen-bond donors (Lipinski definition) is 1. The molecule has 28 heavy (non-hydrogen) atoms. The molecule has 0 unspecified atom stereocenters. The first kappa shape index (κ1) is 21.5. The molecule has 0 radical (unpaired) electrons. The van der Waals surface area contributed by atoms with Crippen LogP contribution in [-0.2, 0) is 10.0 Å². The number of hydrogen-bond acceptors (Lipinski definition) is 5. The number of benzene rings is 1. The lowest BCUT2D eigenvalue weighted by molar-refractivity contribution is 0.0953. The number of methoxy groups -OCH3 is 1. The summed E-state index contributed by atoms with van der Waals surface area (Å²) in [5, 5.41) is 3.62. The van der Waals surface area contributed by atoms with E-state index in [1.54, 1.807) is 6.07 Å². The SMILES string of the molecule is COc1ccc(S(=O)(=O)N2CCCCC2)cc1C(=O)NCCSC1CCCC1. The number of thioether (sulfide) groups is 1. The van der Waals surface area contributed by atoms with Crippen molar-refractivity contribution in [1.29, 1.82) is 0 Å². The molecule has 0 bridgehead atoms. The number of carbonyl (C=O) groups is 1. The molecule has 0 aromatic heterocycles. The van der Waals surface area contributed by atoms with Crippen LogP contribution in [0.1, 0.15) is 55.3 Å². The van der Waals surface area contributed by atoms with Crippen molar-refractivity contribution in [2.75, 3.05) is 32.5 Å². The highest BCUT2D eigenvalue weighted by Gasteiger charge is 2.27. The van der Waals surface area contributed by atoms with Crippen LogP contribution in [0.3, 0.4) is 0 Å². The van der Waals surface area contributed by atoms with Gasteiger partial charge in [-0.3, -0.25) is 4.79 Å². The van der Waals surface area contributed by atoms with Crippen LogP contribution in [0.4, 0.5) is 0 Å². The van der Waals surface area contributed by atoms with Gasteiger partial charge >= 0.3 is 0 Å². The number of nitrogens with one attached hydrogen (secondary N) is 1. The Morgan fingerprint density at radius 3 is 2.57 bits per heavy atom. The zero-order valence-electron chi connectivity index (χ0n) is 16.5. The summed E-state index contributed by atoms with van der Waals surface area (Å²) < 4.78 is 32.6. The number of ether oxygens (including phenoxy) is 1. The van der Waals surface area contributed by atoms with Crippen LogP contribution >= 0.6 is 11.8 Å². The van der Waals surface area contributed by atoms with E-state index in [2.05, 4.69) is 5.32 Å². The maximum Gasteiger partial charge on any atom is 0.255 e. The van der Waals surface area contributed by atoms with Crippen molar-refractivity contribution in [2.24, 2.45) is 0 Å². The van der Waals surface area contributed by atoms with E-state index in [-0.39, 0.29) is 16.4 Å². The predicted octanol–water partition coefficient (Wildman–Crippen LogP) is 3.28. The highest BCUT2D eigenvalue weighted by atomic mass is 32.2. The monoisotopic (exact) mass is 426 g/mol. The predicted molar refractivity (Wildman–Crippen MR) is 113 cm³/mol. The molecule has 2 fully saturated rings.